The van der Waals surface area contributed by atoms with Gasteiger partial charge in [-0.1, -0.05) is 37.9 Å². The molecule has 1 saturated carbocycles. The van der Waals surface area contributed by atoms with Gasteiger partial charge in [0.1, 0.15) is 6.10 Å². The zero-order valence-electron chi connectivity index (χ0n) is 12.0. The number of thioether (sulfide) groups is 1. The first-order valence-corrected chi connectivity index (χ1v) is 9.45. The summed E-state index contributed by atoms with van der Waals surface area (Å²) in [6.45, 7) is 3.35. The Morgan fingerprint density at radius 2 is 2.25 bits per heavy atom. The van der Waals surface area contributed by atoms with Crippen LogP contribution in [-0.4, -0.2) is 33.2 Å². The molecule has 2 bridgehead atoms. The number of nitrogens with one attached hydrogen (secondary N) is 1. The van der Waals surface area contributed by atoms with Gasteiger partial charge in [-0.05, 0) is 25.0 Å². The summed E-state index contributed by atoms with van der Waals surface area (Å²) in [5.74, 6) is 2.57. The number of hydrogen-bond acceptors (Lipinski definition) is 6. The lowest BCUT2D eigenvalue weighted by atomic mass is 10.1. The van der Waals surface area contributed by atoms with Crippen LogP contribution in [0.1, 0.15) is 45.4 Å². The molecule has 20 heavy (non-hydrogen) atoms. The Hall–Kier alpha value is -0.330. The van der Waals surface area contributed by atoms with E-state index in [4.69, 9.17) is 4.74 Å². The van der Waals surface area contributed by atoms with Crippen molar-refractivity contribution in [3.63, 3.8) is 0 Å². The summed E-state index contributed by atoms with van der Waals surface area (Å²) in [5.41, 5.74) is 0. The number of hydrogen-bond donors (Lipinski definition) is 1. The summed E-state index contributed by atoms with van der Waals surface area (Å²) < 4.78 is 14.9. The first-order valence-electron chi connectivity index (χ1n) is 7.74. The number of unbranched alkanes of at least 4 members (excludes halogenated alkanes) is 3. The summed E-state index contributed by atoms with van der Waals surface area (Å²) in [6.07, 6.45) is 8.04. The fourth-order valence-corrected chi connectivity index (χ4v) is 4.65. The molecule has 1 aliphatic carbocycles. The van der Waals surface area contributed by atoms with Crippen LogP contribution in [0, 0.1) is 5.92 Å². The van der Waals surface area contributed by atoms with Crippen LogP contribution in [-0.2, 0) is 0 Å². The Morgan fingerprint density at radius 1 is 1.30 bits per heavy atom. The quantitative estimate of drug-likeness (QED) is 0.589. The number of piperidine rings is 1. The van der Waals surface area contributed by atoms with Crippen molar-refractivity contribution < 1.29 is 4.74 Å². The molecule has 6 heteroatoms. The largest absolute Gasteiger partial charge is 0.470 e. The van der Waals surface area contributed by atoms with Gasteiger partial charge in [-0.3, -0.25) is 0 Å². The van der Waals surface area contributed by atoms with Crippen molar-refractivity contribution in [3.8, 4) is 5.88 Å². The van der Waals surface area contributed by atoms with Gasteiger partial charge in [0.05, 0.1) is 11.7 Å². The molecule has 3 atom stereocenters. The lowest BCUT2D eigenvalue weighted by Crippen LogP contribution is -2.31. The molecule has 1 aromatic heterocycles. The third-order valence-corrected chi connectivity index (χ3v) is 5.93. The zero-order valence-corrected chi connectivity index (χ0v) is 13.6. The number of fused-ring (bicyclic) bond motifs is 2. The van der Waals surface area contributed by atoms with E-state index in [2.05, 4.69) is 21.0 Å². The van der Waals surface area contributed by atoms with E-state index in [9.17, 15) is 0 Å². The molecule has 1 saturated heterocycles. The van der Waals surface area contributed by atoms with Crippen molar-refractivity contribution in [1.29, 1.82) is 0 Å². The third-order valence-electron chi connectivity index (χ3n) is 4.27. The minimum absolute atomic E-state index is 0.318. The minimum Gasteiger partial charge on any atom is -0.470 e. The van der Waals surface area contributed by atoms with Crippen LogP contribution in [0.4, 0.5) is 0 Å². The van der Waals surface area contributed by atoms with Gasteiger partial charge in [-0.15, -0.1) is 4.37 Å². The van der Waals surface area contributed by atoms with Crippen molar-refractivity contribution in [3.05, 3.63) is 0 Å². The summed E-state index contributed by atoms with van der Waals surface area (Å²) in [7, 11) is 0. The standard InChI is InChI=1S/C14H23N3OS2/c1-2-3-4-5-8-19-14-13(16-20-17-14)18-12-10-6-7-11(12)15-9-10/h10-12,15H,2-9H2,1H3. The van der Waals surface area contributed by atoms with Gasteiger partial charge < -0.3 is 10.1 Å². The molecule has 0 amide bonds. The molecular weight excluding hydrogens is 290 g/mol. The van der Waals surface area contributed by atoms with Crippen molar-refractivity contribution in [2.75, 3.05) is 12.3 Å². The maximum absolute atomic E-state index is 6.17. The normalized spacial score (nSPS) is 28.1. The molecule has 0 spiro atoms. The van der Waals surface area contributed by atoms with Gasteiger partial charge in [0.15, 0.2) is 5.03 Å². The predicted molar refractivity (Wildman–Crippen MR) is 83.7 cm³/mol. The van der Waals surface area contributed by atoms with Crippen molar-refractivity contribution in [2.45, 2.75) is 62.6 Å². The Bertz CT molecular complexity index is 406. The van der Waals surface area contributed by atoms with E-state index < -0.39 is 0 Å². The number of ether oxygens (including phenoxy) is 1. The SMILES string of the molecule is CCCCCCSc1nsnc1OC1C2CCC1NC2. The molecule has 3 rings (SSSR count). The van der Waals surface area contributed by atoms with E-state index in [1.165, 1.54) is 50.3 Å². The maximum Gasteiger partial charge on any atom is 0.260 e. The Balaban J connectivity index is 1.49. The summed E-state index contributed by atoms with van der Waals surface area (Å²) in [4.78, 5) is 0. The van der Waals surface area contributed by atoms with Crippen LogP contribution >= 0.6 is 23.5 Å². The smallest absolute Gasteiger partial charge is 0.260 e. The fraction of sp³-hybridized carbons (Fsp3) is 0.857. The molecule has 4 nitrogen and oxygen atoms in total. The molecule has 2 aliphatic rings. The van der Waals surface area contributed by atoms with E-state index in [0.717, 1.165) is 23.2 Å². The molecule has 112 valence electrons. The second kappa shape index (κ2) is 7.09. The van der Waals surface area contributed by atoms with Gasteiger partial charge in [0, 0.05) is 18.5 Å². The summed E-state index contributed by atoms with van der Waals surface area (Å²) >= 11 is 3.08. The van der Waals surface area contributed by atoms with Crippen LogP contribution < -0.4 is 10.1 Å². The summed E-state index contributed by atoms with van der Waals surface area (Å²) in [6, 6.07) is 0.532. The highest BCUT2D eigenvalue weighted by atomic mass is 32.2. The van der Waals surface area contributed by atoms with E-state index >= 15 is 0 Å². The zero-order chi connectivity index (χ0) is 13.8. The van der Waals surface area contributed by atoms with Gasteiger partial charge in [0.25, 0.3) is 5.88 Å². The number of aromatic nitrogens is 2. The third kappa shape index (κ3) is 3.28. The first-order chi connectivity index (χ1) is 9.88. The van der Waals surface area contributed by atoms with Crippen LogP contribution in [0.5, 0.6) is 5.88 Å². The Labute approximate surface area is 129 Å². The number of nitrogens with zero attached hydrogens (tertiary/aromatic N) is 2. The van der Waals surface area contributed by atoms with E-state index in [1.54, 1.807) is 11.8 Å². The van der Waals surface area contributed by atoms with Crippen molar-refractivity contribution in [2.24, 2.45) is 5.92 Å². The minimum atomic E-state index is 0.318. The van der Waals surface area contributed by atoms with Crippen LogP contribution in [0.15, 0.2) is 5.03 Å². The van der Waals surface area contributed by atoms with Crippen molar-refractivity contribution in [1.82, 2.24) is 14.1 Å². The monoisotopic (exact) mass is 313 g/mol. The molecule has 1 aliphatic heterocycles. The van der Waals surface area contributed by atoms with Gasteiger partial charge in [-0.2, -0.15) is 4.37 Å². The average molecular weight is 313 g/mol. The van der Waals surface area contributed by atoms with Gasteiger partial charge in [0.2, 0.25) is 0 Å². The molecule has 1 N–H and O–H groups in total. The lowest BCUT2D eigenvalue weighted by molar-refractivity contribution is 0.166. The number of rotatable bonds is 8. The molecule has 0 radical (unpaired) electrons. The van der Waals surface area contributed by atoms with Gasteiger partial charge >= 0.3 is 0 Å². The Kier molecular flexibility index (Phi) is 5.18. The molecule has 2 heterocycles. The molecule has 0 aromatic carbocycles. The molecular formula is C14H23N3OS2. The summed E-state index contributed by atoms with van der Waals surface area (Å²) in [5, 5.41) is 4.53. The lowest BCUT2D eigenvalue weighted by Gasteiger charge is -2.15. The van der Waals surface area contributed by atoms with E-state index in [0.29, 0.717) is 18.1 Å². The maximum atomic E-state index is 6.17. The topological polar surface area (TPSA) is 47.0 Å². The van der Waals surface area contributed by atoms with Crippen LogP contribution in [0.25, 0.3) is 0 Å². The molecule has 2 fully saturated rings. The highest BCUT2D eigenvalue weighted by Crippen LogP contribution is 2.36. The molecule has 1 aromatic rings. The second-order valence-corrected chi connectivity index (χ2v) is 7.33. The second-order valence-electron chi connectivity index (χ2n) is 5.72. The average Bonchev–Trinajstić information content (AvgIpc) is 3.17. The fourth-order valence-electron chi connectivity index (χ4n) is 3.13. The first kappa shape index (κ1) is 14.6. The van der Waals surface area contributed by atoms with Crippen molar-refractivity contribution >= 4 is 23.5 Å². The van der Waals surface area contributed by atoms with Crippen LogP contribution in [0.2, 0.25) is 0 Å². The Morgan fingerprint density at radius 3 is 2.95 bits per heavy atom. The highest BCUT2D eigenvalue weighted by Gasteiger charge is 2.43. The van der Waals surface area contributed by atoms with Crippen LogP contribution in [0.3, 0.4) is 0 Å². The highest BCUT2D eigenvalue weighted by molar-refractivity contribution is 7.99. The van der Waals surface area contributed by atoms with E-state index in [1.807, 2.05) is 0 Å². The van der Waals surface area contributed by atoms with Gasteiger partial charge in [-0.25, -0.2) is 0 Å². The van der Waals surface area contributed by atoms with E-state index in [-0.39, 0.29) is 0 Å². The molecule has 3 unspecified atom stereocenters. The predicted octanol–water partition coefficient (Wildman–Crippen LogP) is 3.34.